The van der Waals surface area contributed by atoms with E-state index in [1.165, 1.54) is 6.07 Å². The van der Waals surface area contributed by atoms with Gasteiger partial charge in [0.1, 0.15) is 0 Å². The van der Waals surface area contributed by atoms with E-state index in [1.807, 2.05) is 6.07 Å². The first-order valence-corrected chi connectivity index (χ1v) is 5.34. The number of hydrogen-bond acceptors (Lipinski definition) is 3. The van der Waals surface area contributed by atoms with Gasteiger partial charge in [0, 0.05) is 29.6 Å². The monoisotopic (exact) mass is 236 g/mol. The second-order valence-corrected chi connectivity index (χ2v) is 3.75. The lowest BCUT2D eigenvalue weighted by molar-refractivity contribution is -0.384. The molecule has 1 heterocycles. The molecule has 16 heavy (non-hydrogen) atoms. The minimum Gasteiger partial charge on any atom is -0.258 e. The molecular formula is C11H9ClN2O2. The topological polar surface area (TPSA) is 56.0 Å². The largest absolute Gasteiger partial charge is 0.270 e. The molecule has 0 saturated carbocycles. The summed E-state index contributed by atoms with van der Waals surface area (Å²) in [6.45, 7) is 0. The average molecular weight is 237 g/mol. The standard InChI is InChI=1S/C11H9ClN2O2/c12-5-3-8-4-6-13-11-2-1-9(14(15)16)7-10(8)11/h1-2,4,6-7H,3,5H2. The third-order valence-corrected chi connectivity index (χ3v) is 2.58. The average Bonchev–Trinajstić information content (AvgIpc) is 2.29. The molecule has 1 aromatic carbocycles. The lowest BCUT2D eigenvalue weighted by Crippen LogP contribution is -1.93. The number of nitrogens with zero attached hydrogens (tertiary/aromatic N) is 2. The predicted molar refractivity (Wildman–Crippen MR) is 62.8 cm³/mol. The molecule has 0 bridgehead atoms. The van der Waals surface area contributed by atoms with Gasteiger partial charge < -0.3 is 0 Å². The Morgan fingerprint density at radius 3 is 2.88 bits per heavy atom. The van der Waals surface area contributed by atoms with Crippen LogP contribution in [0.1, 0.15) is 5.56 Å². The number of fused-ring (bicyclic) bond motifs is 1. The summed E-state index contributed by atoms with van der Waals surface area (Å²) < 4.78 is 0. The van der Waals surface area contributed by atoms with Gasteiger partial charge in [-0.1, -0.05) is 0 Å². The Labute approximate surface area is 97.0 Å². The number of pyridine rings is 1. The molecule has 82 valence electrons. The van der Waals surface area contributed by atoms with Gasteiger partial charge in [0.25, 0.3) is 5.69 Å². The van der Waals surface area contributed by atoms with E-state index in [2.05, 4.69) is 4.98 Å². The number of alkyl halides is 1. The van der Waals surface area contributed by atoms with Gasteiger partial charge in [-0.15, -0.1) is 11.6 Å². The summed E-state index contributed by atoms with van der Waals surface area (Å²) >= 11 is 5.68. The van der Waals surface area contributed by atoms with Crippen LogP contribution in [0.15, 0.2) is 30.5 Å². The number of aryl methyl sites for hydroxylation is 1. The fourth-order valence-corrected chi connectivity index (χ4v) is 1.83. The molecule has 4 nitrogen and oxygen atoms in total. The van der Waals surface area contributed by atoms with Crippen LogP contribution in [0.25, 0.3) is 10.9 Å². The van der Waals surface area contributed by atoms with Gasteiger partial charge in [0.05, 0.1) is 10.4 Å². The molecule has 0 fully saturated rings. The van der Waals surface area contributed by atoms with Crippen LogP contribution in [0.5, 0.6) is 0 Å². The third-order valence-electron chi connectivity index (χ3n) is 2.39. The van der Waals surface area contributed by atoms with E-state index in [4.69, 9.17) is 11.6 Å². The summed E-state index contributed by atoms with van der Waals surface area (Å²) in [7, 11) is 0. The van der Waals surface area contributed by atoms with Crippen molar-refractivity contribution in [1.82, 2.24) is 4.98 Å². The van der Waals surface area contributed by atoms with E-state index in [1.54, 1.807) is 18.3 Å². The molecular weight excluding hydrogens is 228 g/mol. The summed E-state index contributed by atoms with van der Waals surface area (Å²) in [5, 5.41) is 11.5. The van der Waals surface area contributed by atoms with Crippen molar-refractivity contribution in [3.63, 3.8) is 0 Å². The first-order valence-electron chi connectivity index (χ1n) is 4.80. The Morgan fingerprint density at radius 2 is 2.19 bits per heavy atom. The highest BCUT2D eigenvalue weighted by Crippen LogP contribution is 2.22. The number of hydrogen-bond donors (Lipinski definition) is 0. The van der Waals surface area contributed by atoms with Crippen LogP contribution in [0.4, 0.5) is 5.69 Å². The highest BCUT2D eigenvalue weighted by Gasteiger charge is 2.08. The SMILES string of the molecule is O=[N+]([O-])c1ccc2nccc(CCCl)c2c1. The Kier molecular flexibility index (Phi) is 3.01. The van der Waals surface area contributed by atoms with Crippen molar-refractivity contribution in [2.75, 3.05) is 5.88 Å². The van der Waals surface area contributed by atoms with E-state index in [0.717, 1.165) is 16.5 Å². The summed E-state index contributed by atoms with van der Waals surface area (Å²) in [5.41, 5.74) is 1.83. The molecule has 0 unspecified atom stereocenters. The Balaban J connectivity index is 2.63. The van der Waals surface area contributed by atoms with Crippen LogP contribution in [-0.2, 0) is 6.42 Å². The number of nitro benzene ring substituents is 1. The first-order chi connectivity index (χ1) is 7.72. The fraction of sp³-hybridized carbons (Fsp3) is 0.182. The number of halogens is 1. The minimum atomic E-state index is -0.406. The molecule has 5 heteroatoms. The highest BCUT2D eigenvalue weighted by atomic mass is 35.5. The van der Waals surface area contributed by atoms with Crippen molar-refractivity contribution in [1.29, 1.82) is 0 Å². The molecule has 0 saturated heterocycles. The molecule has 1 aromatic heterocycles. The lowest BCUT2D eigenvalue weighted by atomic mass is 10.1. The Bertz CT molecular complexity index is 542. The quantitative estimate of drug-likeness (QED) is 0.468. The highest BCUT2D eigenvalue weighted by molar-refractivity contribution is 6.18. The summed E-state index contributed by atoms with van der Waals surface area (Å²) in [5.74, 6) is 0.488. The van der Waals surface area contributed by atoms with Gasteiger partial charge >= 0.3 is 0 Å². The van der Waals surface area contributed by atoms with Crippen LogP contribution < -0.4 is 0 Å². The molecule has 0 N–H and O–H groups in total. The molecule has 2 aromatic rings. The number of aromatic nitrogens is 1. The van der Waals surface area contributed by atoms with Crippen molar-refractivity contribution in [3.8, 4) is 0 Å². The maximum Gasteiger partial charge on any atom is 0.270 e. The number of non-ortho nitro benzene ring substituents is 1. The van der Waals surface area contributed by atoms with Crippen molar-refractivity contribution in [2.45, 2.75) is 6.42 Å². The maximum absolute atomic E-state index is 10.7. The van der Waals surface area contributed by atoms with E-state index < -0.39 is 4.92 Å². The van der Waals surface area contributed by atoms with Gasteiger partial charge in [0.2, 0.25) is 0 Å². The molecule has 0 amide bonds. The molecule has 0 atom stereocenters. The van der Waals surface area contributed by atoms with Gasteiger partial charge in [-0.25, -0.2) is 0 Å². The van der Waals surface area contributed by atoms with Crippen LogP contribution in [-0.4, -0.2) is 15.8 Å². The molecule has 0 aliphatic carbocycles. The van der Waals surface area contributed by atoms with Crippen molar-refractivity contribution >= 4 is 28.2 Å². The van der Waals surface area contributed by atoms with Gasteiger partial charge in [-0.3, -0.25) is 15.1 Å². The zero-order valence-electron chi connectivity index (χ0n) is 8.39. The normalized spacial score (nSPS) is 10.6. The van der Waals surface area contributed by atoms with Crippen LogP contribution in [0.2, 0.25) is 0 Å². The summed E-state index contributed by atoms with van der Waals surface area (Å²) in [6.07, 6.45) is 2.37. The van der Waals surface area contributed by atoms with Crippen LogP contribution in [0.3, 0.4) is 0 Å². The van der Waals surface area contributed by atoms with Gasteiger partial charge in [0.15, 0.2) is 0 Å². The summed E-state index contributed by atoms with van der Waals surface area (Å²) in [6, 6.07) is 6.50. The van der Waals surface area contributed by atoms with Crippen LogP contribution in [0, 0.1) is 10.1 Å². The zero-order valence-corrected chi connectivity index (χ0v) is 9.15. The zero-order chi connectivity index (χ0) is 11.5. The van der Waals surface area contributed by atoms with E-state index >= 15 is 0 Å². The third kappa shape index (κ3) is 1.97. The van der Waals surface area contributed by atoms with Gasteiger partial charge in [-0.2, -0.15) is 0 Å². The maximum atomic E-state index is 10.7. The van der Waals surface area contributed by atoms with E-state index in [9.17, 15) is 10.1 Å². The molecule has 0 radical (unpaired) electrons. The summed E-state index contributed by atoms with van der Waals surface area (Å²) in [4.78, 5) is 14.4. The Hall–Kier alpha value is -1.68. The number of rotatable bonds is 3. The molecule has 0 aliphatic rings. The Morgan fingerprint density at radius 1 is 1.38 bits per heavy atom. The smallest absolute Gasteiger partial charge is 0.258 e. The van der Waals surface area contributed by atoms with Gasteiger partial charge in [-0.05, 0) is 24.1 Å². The van der Waals surface area contributed by atoms with Crippen molar-refractivity contribution in [2.24, 2.45) is 0 Å². The fourth-order valence-electron chi connectivity index (χ4n) is 1.62. The second-order valence-electron chi connectivity index (χ2n) is 3.37. The number of nitro groups is 1. The van der Waals surface area contributed by atoms with Crippen molar-refractivity contribution < 1.29 is 4.92 Å². The number of benzene rings is 1. The first kappa shape index (κ1) is 10.8. The minimum absolute atomic E-state index is 0.0799. The molecule has 2 rings (SSSR count). The van der Waals surface area contributed by atoms with Crippen molar-refractivity contribution in [3.05, 3.63) is 46.1 Å². The van der Waals surface area contributed by atoms with E-state index in [-0.39, 0.29) is 5.69 Å². The second kappa shape index (κ2) is 4.45. The molecule has 0 aliphatic heterocycles. The predicted octanol–water partition coefficient (Wildman–Crippen LogP) is 2.92. The van der Waals surface area contributed by atoms with E-state index in [0.29, 0.717) is 12.3 Å². The lowest BCUT2D eigenvalue weighted by Gasteiger charge is -2.03. The van der Waals surface area contributed by atoms with Crippen LogP contribution >= 0.6 is 11.6 Å². The molecule has 0 spiro atoms.